The van der Waals surface area contributed by atoms with Crippen LogP contribution in [0.3, 0.4) is 0 Å². The average Bonchev–Trinajstić information content (AvgIpc) is 2.75. The van der Waals surface area contributed by atoms with Gasteiger partial charge in [-0.05, 0) is 46.9 Å². The van der Waals surface area contributed by atoms with Crippen LogP contribution in [0.4, 0.5) is 0 Å². The Hall–Kier alpha value is -0.590. The Morgan fingerprint density at radius 1 is 1.39 bits per heavy atom. The number of benzene rings is 1. The molecule has 0 saturated carbocycles. The number of hydrogen-bond donors (Lipinski definition) is 1. The monoisotopic (exact) mass is 375 g/mol. The molecule has 0 fully saturated rings. The van der Waals surface area contributed by atoms with Crippen LogP contribution >= 0.6 is 34.2 Å². The highest BCUT2D eigenvalue weighted by molar-refractivity contribution is 14.1. The van der Waals surface area contributed by atoms with E-state index >= 15 is 0 Å². The van der Waals surface area contributed by atoms with E-state index in [1.54, 1.807) is 0 Å². The number of nitrogens with one attached hydrogen (secondary N) is 1. The summed E-state index contributed by atoms with van der Waals surface area (Å²) in [4.78, 5) is 0. The lowest BCUT2D eigenvalue weighted by atomic mass is 10.3. The van der Waals surface area contributed by atoms with Crippen LogP contribution in [-0.4, -0.2) is 15.8 Å². The van der Waals surface area contributed by atoms with Crippen molar-refractivity contribution in [3.63, 3.8) is 0 Å². The zero-order chi connectivity index (χ0) is 13.1. The van der Waals surface area contributed by atoms with E-state index in [9.17, 15) is 0 Å². The van der Waals surface area contributed by atoms with Crippen LogP contribution < -0.4 is 5.32 Å². The molecule has 0 saturated heterocycles. The molecule has 1 N–H and O–H groups in total. The summed E-state index contributed by atoms with van der Waals surface area (Å²) in [7, 11) is 0. The third kappa shape index (κ3) is 3.46. The number of hydrogen-bond acceptors (Lipinski definition) is 2. The first kappa shape index (κ1) is 13.8. The molecule has 0 spiro atoms. The zero-order valence-electron chi connectivity index (χ0n) is 10.3. The molecule has 2 rings (SSSR count). The van der Waals surface area contributed by atoms with Gasteiger partial charge in [-0.3, -0.25) is 0 Å². The largest absolute Gasteiger partial charge is 0.309 e. The minimum absolute atomic E-state index is 0.456. The number of rotatable bonds is 4. The third-order valence-corrected chi connectivity index (χ3v) is 3.47. The van der Waals surface area contributed by atoms with Gasteiger partial charge >= 0.3 is 0 Å². The molecule has 0 amide bonds. The maximum atomic E-state index is 6.22. The fourth-order valence-corrected chi connectivity index (χ4v) is 2.51. The van der Waals surface area contributed by atoms with Crippen LogP contribution in [0.25, 0.3) is 5.69 Å². The van der Waals surface area contributed by atoms with E-state index in [0.29, 0.717) is 11.1 Å². The van der Waals surface area contributed by atoms with Crippen LogP contribution in [-0.2, 0) is 6.54 Å². The van der Waals surface area contributed by atoms with Gasteiger partial charge in [-0.15, -0.1) is 0 Å². The van der Waals surface area contributed by atoms with Gasteiger partial charge in [0.2, 0.25) is 0 Å². The van der Waals surface area contributed by atoms with Crippen molar-refractivity contribution in [1.29, 1.82) is 0 Å². The molecule has 0 aliphatic rings. The molecule has 0 radical (unpaired) electrons. The highest BCUT2D eigenvalue weighted by atomic mass is 127. The smallest absolute Gasteiger partial charge is 0.0832 e. The second-order valence-electron chi connectivity index (χ2n) is 4.38. The number of halogens is 2. The van der Waals surface area contributed by atoms with Crippen molar-refractivity contribution < 1.29 is 0 Å². The topological polar surface area (TPSA) is 29.9 Å². The Bertz CT molecular complexity index is 537. The summed E-state index contributed by atoms with van der Waals surface area (Å²) in [6.45, 7) is 5.01. The summed E-state index contributed by atoms with van der Waals surface area (Å²) in [6.07, 6.45) is 1.94. The molecule has 0 aliphatic carbocycles. The van der Waals surface area contributed by atoms with E-state index in [0.717, 1.165) is 21.5 Å². The van der Waals surface area contributed by atoms with E-state index in [4.69, 9.17) is 11.6 Å². The van der Waals surface area contributed by atoms with Crippen LogP contribution in [0, 0.1) is 3.57 Å². The van der Waals surface area contributed by atoms with E-state index < -0.39 is 0 Å². The van der Waals surface area contributed by atoms with Crippen LogP contribution in [0.5, 0.6) is 0 Å². The number of nitrogens with zero attached hydrogens (tertiary/aromatic N) is 2. The molecular weight excluding hydrogens is 361 g/mol. The van der Waals surface area contributed by atoms with Gasteiger partial charge in [0.25, 0.3) is 0 Å². The van der Waals surface area contributed by atoms with Crippen molar-refractivity contribution in [3.05, 3.63) is 44.7 Å². The SMILES string of the molecule is CC(C)NCc1ccn(-c2ccc(I)cc2Cl)n1. The zero-order valence-corrected chi connectivity index (χ0v) is 13.2. The Morgan fingerprint density at radius 2 is 2.17 bits per heavy atom. The van der Waals surface area contributed by atoms with Crippen molar-refractivity contribution in [2.75, 3.05) is 0 Å². The van der Waals surface area contributed by atoms with Crippen molar-refractivity contribution >= 4 is 34.2 Å². The fourth-order valence-electron chi connectivity index (χ4n) is 1.57. The maximum absolute atomic E-state index is 6.22. The Labute approximate surface area is 126 Å². The molecule has 3 nitrogen and oxygen atoms in total. The quantitative estimate of drug-likeness (QED) is 0.827. The van der Waals surface area contributed by atoms with E-state index in [1.165, 1.54) is 0 Å². The van der Waals surface area contributed by atoms with Gasteiger partial charge in [-0.1, -0.05) is 25.4 Å². The first-order valence-electron chi connectivity index (χ1n) is 5.79. The highest BCUT2D eigenvalue weighted by Crippen LogP contribution is 2.22. The van der Waals surface area contributed by atoms with Gasteiger partial charge in [0.15, 0.2) is 0 Å². The van der Waals surface area contributed by atoms with Crippen molar-refractivity contribution in [2.24, 2.45) is 0 Å². The summed E-state index contributed by atoms with van der Waals surface area (Å²) in [6, 6.07) is 8.40. The normalized spacial score (nSPS) is 11.2. The van der Waals surface area contributed by atoms with E-state index in [-0.39, 0.29) is 0 Å². The lowest BCUT2D eigenvalue weighted by molar-refractivity contribution is 0.578. The number of aromatic nitrogens is 2. The first-order chi connectivity index (χ1) is 8.56. The Morgan fingerprint density at radius 3 is 2.83 bits per heavy atom. The van der Waals surface area contributed by atoms with Crippen molar-refractivity contribution in [1.82, 2.24) is 15.1 Å². The maximum Gasteiger partial charge on any atom is 0.0832 e. The summed E-state index contributed by atoms with van der Waals surface area (Å²) >= 11 is 8.46. The second-order valence-corrected chi connectivity index (χ2v) is 6.04. The van der Waals surface area contributed by atoms with Crippen molar-refractivity contribution in [2.45, 2.75) is 26.4 Å². The van der Waals surface area contributed by atoms with Crippen LogP contribution in [0.1, 0.15) is 19.5 Å². The van der Waals surface area contributed by atoms with Gasteiger partial charge in [0.1, 0.15) is 0 Å². The van der Waals surface area contributed by atoms with E-state index in [2.05, 4.69) is 46.9 Å². The van der Waals surface area contributed by atoms with Crippen molar-refractivity contribution in [3.8, 4) is 5.69 Å². The molecule has 1 heterocycles. The molecule has 0 unspecified atom stereocenters. The third-order valence-electron chi connectivity index (χ3n) is 2.49. The molecule has 1 aromatic carbocycles. The van der Waals surface area contributed by atoms with Gasteiger partial charge in [-0.2, -0.15) is 5.10 Å². The first-order valence-corrected chi connectivity index (χ1v) is 7.25. The molecule has 1 aromatic heterocycles. The minimum Gasteiger partial charge on any atom is -0.309 e. The standard InChI is InChI=1S/C13H15ClIN3/c1-9(2)16-8-11-5-6-18(17-11)13-4-3-10(15)7-12(13)14/h3-7,9,16H,8H2,1-2H3. The Kier molecular flexibility index (Phi) is 4.64. The summed E-state index contributed by atoms with van der Waals surface area (Å²) in [5.74, 6) is 0. The van der Waals surface area contributed by atoms with Crippen LogP contribution in [0.15, 0.2) is 30.5 Å². The summed E-state index contributed by atoms with van der Waals surface area (Å²) in [5, 5.41) is 8.57. The second kappa shape index (κ2) is 6.04. The molecule has 0 atom stereocenters. The van der Waals surface area contributed by atoms with E-state index in [1.807, 2.05) is 35.1 Å². The lowest BCUT2D eigenvalue weighted by Gasteiger charge is -2.06. The average molecular weight is 376 g/mol. The Balaban J connectivity index is 2.18. The molecule has 18 heavy (non-hydrogen) atoms. The molecule has 2 aromatic rings. The molecular formula is C13H15ClIN3. The molecule has 0 aliphatic heterocycles. The molecule has 5 heteroatoms. The summed E-state index contributed by atoms with van der Waals surface area (Å²) < 4.78 is 2.94. The predicted octanol–water partition coefficient (Wildman–Crippen LogP) is 3.63. The lowest BCUT2D eigenvalue weighted by Crippen LogP contribution is -2.22. The fraction of sp³-hybridized carbons (Fsp3) is 0.308. The van der Waals surface area contributed by atoms with Gasteiger partial charge in [0.05, 0.1) is 16.4 Å². The molecule has 0 bridgehead atoms. The molecule has 96 valence electrons. The highest BCUT2D eigenvalue weighted by Gasteiger charge is 2.06. The van der Waals surface area contributed by atoms with Gasteiger partial charge in [0, 0.05) is 22.4 Å². The van der Waals surface area contributed by atoms with Gasteiger partial charge in [-0.25, -0.2) is 4.68 Å². The summed E-state index contributed by atoms with van der Waals surface area (Å²) in [5.41, 5.74) is 1.92. The van der Waals surface area contributed by atoms with Crippen LogP contribution in [0.2, 0.25) is 5.02 Å². The minimum atomic E-state index is 0.456. The van der Waals surface area contributed by atoms with Gasteiger partial charge < -0.3 is 5.32 Å². The predicted molar refractivity (Wildman–Crippen MR) is 83.3 cm³/mol.